The van der Waals surface area contributed by atoms with Crippen molar-refractivity contribution in [3.05, 3.63) is 30.1 Å². The molecule has 4 heteroatoms. The second-order valence-electron chi connectivity index (χ2n) is 4.44. The van der Waals surface area contributed by atoms with Crippen molar-refractivity contribution in [2.75, 3.05) is 19.7 Å². The van der Waals surface area contributed by atoms with Crippen LogP contribution in [0.1, 0.15) is 12.2 Å². The van der Waals surface area contributed by atoms with Crippen LogP contribution < -0.4 is 5.32 Å². The molecular weight excluding hydrogens is 214 g/mol. The largest absolute Gasteiger partial charge is 0.376 e. The van der Waals surface area contributed by atoms with E-state index in [9.17, 15) is 0 Å². The smallest absolute Gasteiger partial charge is 0.109 e. The fourth-order valence-corrected chi connectivity index (χ4v) is 2.22. The summed E-state index contributed by atoms with van der Waals surface area (Å²) in [5.74, 6) is 1.01. The maximum absolute atomic E-state index is 5.78. The third-order valence-corrected chi connectivity index (χ3v) is 3.15. The van der Waals surface area contributed by atoms with Gasteiger partial charge in [0.05, 0.1) is 23.7 Å². The first-order valence-corrected chi connectivity index (χ1v) is 6.18. The van der Waals surface area contributed by atoms with Crippen molar-refractivity contribution in [1.82, 2.24) is 15.3 Å². The summed E-state index contributed by atoms with van der Waals surface area (Å²) in [5, 5.41) is 3.29. The molecule has 1 saturated heterocycles. The van der Waals surface area contributed by atoms with Crippen LogP contribution in [0.15, 0.2) is 24.3 Å². The maximum Gasteiger partial charge on any atom is 0.109 e. The van der Waals surface area contributed by atoms with Gasteiger partial charge in [-0.15, -0.1) is 0 Å². The van der Waals surface area contributed by atoms with Gasteiger partial charge >= 0.3 is 0 Å². The van der Waals surface area contributed by atoms with Crippen molar-refractivity contribution in [3.63, 3.8) is 0 Å². The highest BCUT2D eigenvalue weighted by molar-refractivity contribution is 5.74. The number of ether oxygens (including phenoxy) is 1. The highest BCUT2D eigenvalue weighted by Crippen LogP contribution is 2.11. The molecule has 17 heavy (non-hydrogen) atoms. The molecule has 2 N–H and O–H groups in total. The molecule has 0 radical (unpaired) electrons. The number of aromatic nitrogens is 2. The lowest BCUT2D eigenvalue weighted by molar-refractivity contribution is 0.0687. The number of nitrogens with zero attached hydrogens (tertiary/aromatic N) is 1. The molecule has 1 atom stereocenters. The summed E-state index contributed by atoms with van der Waals surface area (Å²) >= 11 is 0. The van der Waals surface area contributed by atoms with Crippen molar-refractivity contribution >= 4 is 11.0 Å². The van der Waals surface area contributed by atoms with E-state index in [-0.39, 0.29) is 0 Å². The minimum absolute atomic E-state index is 0.388. The normalized spacial score (nSPS) is 20.1. The van der Waals surface area contributed by atoms with Crippen molar-refractivity contribution in [3.8, 4) is 0 Å². The minimum atomic E-state index is 0.388. The monoisotopic (exact) mass is 231 g/mol. The van der Waals surface area contributed by atoms with Crippen LogP contribution in [0.25, 0.3) is 11.0 Å². The lowest BCUT2D eigenvalue weighted by atomic mass is 10.3. The molecule has 0 bridgehead atoms. The lowest BCUT2D eigenvalue weighted by Crippen LogP contribution is -2.18. The summed E-state index contributed by atoms with van der Waals surface area (Å²) in [7, 11) is 0. The quantitative estimate of drug-likeness (QED) is 0.838. The average molecular weight is 231 g/mol. The van der Waals surface area contributed by atoms with Crippen LogP contribution in [0.2, 0.25) is 0 Å². The number of imidazole rings is 1. The highest BCUT2D eigenvalue weighted by Gasteiger charge is 2.14. The first kappa shape index (κ1) is 10.7. The maximum atomic E-state index is 5.78. The zero-order chi connectivity index (χ0) is 11.5. The second-order valence-corrected chi connectivity index (χ2v) is 4.44. The molecule has 1 aromatic heterocycles. The lowest BCUT2D eigenvalue weighted by Gasteiger charge is -2.08. The molecule has 2 aromatic rings. The Morgan fingerprint density at radius 1 is 1.35 bits per heavy atom. The number of H-pyrrole nitrogens is 1. The molecule has 0 aliphatic carbocycles. The fraction of sp³-hybridized carbons (Fsp3) is 0.462. The Morgan fingerprint density at radius 3 is 3.12 bits per heavy atom. The van der Waals surface area contributed by atoms with Gasteiger partial charge in [-0.25, -0.2) is 4.98 Å². The molecule has 1 aromatic carbocycles. The standard InChI is InChI=1S/C13H17N3O/c1-2-4-12-11(3-1)15-13(16-12)6-8-17-10-5-7-14-9-10/h1-4,10,14H,5-9H2,(H,15,16). The van der Waals surface area contributed by atoms with E-state index in [0.717, 1.165) is 49.4 Å². The number of nitrogens with one attached hydrogen (secondary N) is 2. The second kappa shape index (κ2) is 4.85. The average Bonchev–Trinajstić information content (AvgIpc) is 2.96. The Labute approximate surface area is 100 Å². The summed E-state index contributed by atoms with van der Waals surface area (Å²) in [6.45, 7) is 2.81. The molecule has 0 spiro atoms. The number of aromatic amines is 1. The first-order chi connectivity index (χ1) is 8.42. The molecule has 1 unspecified atom stereocenters. The van der Waals surface area contributed by atoms with E-state index in [4.69, 9.17) is 4.74 Å². The number of hydrogen-bond donors (Lipinski definition) is 2. The Balaban J connectivity index is 1.57. The van der Waals surface area contributed by atoms with Gasteiger partial charge in [-0.3, -0.25) is 0 Å². The van der Waals surface area contributed by atoms with Gasteiger partial charge in [0.25, 0.3) is 0 Å². The molecule has 1 aliphatic rings. The molecular formula is C13H17N3O. The Morgan fingerprint density at radius 2 is 2.29 bits per heavy atom. The van der Waals surface area contributed by atoms with Crippen molar-refractivity contribution in [2.45, 2.75) is 18.9 Å². The van der Waals surface area contributed by atoms with Crippen LogP contribution in [0, 0.1) is 0 Å². The van der Waals surface area contributed by atoms with Gasteiger partial charge < -0.3 is 15.0 Å². The summed E-state index contributed by atoms with van der Waals surface area (Å²) < 4.78 is 5.78. The molecule has 1 fully saturated rings. The minimum Gasteiger partial charge on any atom is -0.376 e. The molecule has 4 nitrogen and oxygen atoms in total. The van der Waals surface area contributed by atoms with Crippen LogP contribution in [-0.4, -0.2) is 35.8 Å². The van der Waals surface area contributed by atoms with Gasteiger partial charge in [0.1, 0.15) is 5.82 Å². The predicted octanol–water partition coefficient (Wildman–Crippen LogP) is 1.48. The van der Waals surface area contributed by atoms with E-state index < -0.39 is 0 Å². The Hall–Kier alpha value is -1.39. The third kappa shape index (κ3) is 2.48. The predicted molar refractivity (Wildman–Crippen MR) is 67.0 cm³/mol. The van der Waals surface area contributed by atoms with Gasteiger partial charge in [0, 0.05) is 13.0 Å². The van der Waals surface area contributed by atoms with E-state index in [1.165, 1.54) is 0 Å². The van der Waals surface area contributed by atoms with Crippen LogP contribution in [0.3, 0.4) is 0 Å². The number of para-hydroxylation sites is 2. The van der Waals surface area contributed by atoms with Crippen LogP contribution in [-0.2, 0) is 11.2 Å². The van der Waals surface area contributed by atoms with Gasteiger partial charge in [-0.05, 0) is 25.1 Å². The molecule has 3 rings (SSSR count). The van der Waals surface area contributed by atoms with Gasteiger partial charge in [0.2, 0.25) is 0 Å². The summed E-state index contributed by atoms with van der Waals surface area (Å²) in [5.41, 5.74) is 2.13. The molecule has 0 amide bonds. The first-order valence-electron chi connectivity index (χ1n) is 6.18. The third-order valence-electron chi connectivity index (χ3n) is 3.15. The molecule has 1 aliphatic heterocycles. The van der Waals surface area contributed by atoms with E-state index in [1.54, 1.807) is 0 Å². The Bertz CT molecular complexity index is 455. The number of benzene rings is 1. The van der Waals surface area contributed by atoms with Gasteiger partial charge in [-0.2, -0.15) is 0 Å². The topological polar surface area (TPSA) is 49.9 Å². The van der Waals surface area contributed by atoms with Crippen molar-refractivity contribution in [2.24, 2.45) is 0 Å². The van der Waals surface area contributed by atoms with Gasteiger partial charge in [0.15, 0.2) is 0 Å². The van der Waals surface area contributed by atoms with Crippen molar-refractivity contribution < 1.29 is 4.74 Å². The fourth-order valence-electron chi connectivity index (χ4n) is 2.22. The number of rotatable bonds is 4. The highest BCUT2D eigenvalue weighted by atomic mass is 16.5. The van der Waals surface area contributed by atoms with E-state index in [0.29, 0.717) is 6.10 Å². The summed E-state index contributed by atoms with van der Waals surface area (Å²) in [6, 6.07) is 8.10. The van der Waals surface area contributed by atoms with E-state index in [2.05, 4.69) is 15.3 Å². The molecule has 2 heterocycles. The van der Waals surface area contributed by atoms with E-state index >= 15 is 0 Å². The summed E-state index contributed by atoms with van der Waals surface area (Å²) in [6.07, 6.45) is 2.37. The number of hydrogen-bond acceptors (Lipinski definition) is 3. The summed E-state index contributed by atoms with van der Waals surface area (Å²) in [4.78, 5) is 7.84. The molecule has 90 valence electrons. The van der Waals surface area contributed by atoms with E-state index in [1.807, 2.05) is 24.3 Å². The Kier molecular flexibility index (Phi) is 3.07. The van der Waals surface area contributed by atoms with Crippen LogP contribution in [0.5, 0.6) is 0 Å². The zero-order valence-electron chi connectivity index (χ0n) is 9.78. The SMILES string of the molecule is c1ccc2[nH]c(CCOC3CCNC3)nc2c1. The van der Waals surface area contributed by atoms with Crippen LogP contribution >= 0.6 is 0 Å². The zero-order valence-corrected chi connectivity index (χ0v) is 9.78. The van der Waals surface area contributed by atoms with Crippen molar-refractivity contribution in [1.29, 1.82) is 0 Å². The van der Waals surface area contributed by atoms with Gasteiger partial charge in [-0.1, -0.05) is 12.1 Å². The van der Waals surface area contributed by atoms with Crippen LogP contribution in [0.4, 0.5) is 0 Å². The molecule has 0 saturated carbocycles. The number of fused-ring (bicyclic) bond motifs is 1.